The van der Waals surface area contributed by atoms with Gasteiger partial charge in [0.25, 0.3) is 0 Å². The molecule has 3 rings (SSSR count). The van der Waals surface area contributed by atoms with Crippen molar-refractivity contribution < 1.29 is 9.53 Å². The summed E-state index contributed by atoms with van der Waals surface area (Å²) in [5.41, 5.74) is 0. The van der Waals surface area contributed by atoms with Crippen molar-refractivity contribution in [3.63, 3.8) is 0 Å². The largest absolute Gasteiger partial charge is 0.381 e. The summed E-state index contributed by atoms with van der Waals surface area (Å²) in [6.07, 6.45) is 2.18. The lowest BCUT2D eigenvalue weighted by Crippen LogP contribution is -2.36. The summed E-state index contributed by atoms with van der Waals surface area (Å²) in [6, 6.07) is 4.18. The van der Waals surface area contributed by atoms with Crippen LogP contribution in [0.15, 0.2) is 12.1 Å². The fraction of sp³-hybridized carbons (Fsp3) is 0.667. The van der Waals surface area contributed by atoms with Gasteiger partial charge in [-0.05, 0) is 44.7 Å². The van der Waals surface area contributed by atoms with Crippen LogP contribution in [-0.4, -0.2) is 36.6 Å². The second-order valence-electron chi connectivity index (χ2n) is 5.79. The third-order valence-corrected chi connectivity index (χ3v) is 5.25. The van der Waals surface area contributed by atoms with E-state index in [1.165, 1.54) is 9.75 Å². The maximum Gasteiger partial charge on any atom is 0.241 e. The van der Waals surface area contributed by atoms with Crippen LogP contribution in [0.5, 0.6) is 0 Å². The Labute approximate surface area is 124 Å². The van der Waals surface area contributed by atoms with Crippen molar-refractivity contribution in [2.24, 2.45) is 5.92 Å². The second kappa shape index (κ2) is 5.84. The Morgan fingerprint density at radius 1 is 1.40 bits per heavy atom. The van der Waals surface area contributed by atoms with E-state index in [9.17, 15) is 4.79 Å². The molecule has 2 fully saturated rings. The number of carbonyl (C=O) groups is 1. The third-order valence-electron chi connectivity index (χ3n) is 4.20. The minimum Gasteiger partial charge on any atom is -0.381 e. The smallest absolute Gasteiger partial charge is 0.241 e. The quantitative estimate of drug-likeness (QED) is 0.930. The predicted octanol–water partition coefficient (Wildman–Crippen LogP) is 2.30. The molecule has 0 spiro atoms. The number of ether oxygens (including phenoxy) is 1. The molecule has 1 aromatic heterocycles. The maximum absolute atomic E-state index is 12.4. The van der Waals surface area contributed by atoms with Gasteiger partial charge in [0.1, 0.15) is 6.17 Å². The molecule has 1 N–H and O–H groups in total. The number of nitrogens with zero attached hydrogens (tertiary/aromatic N) is 1. The van der Waals surface area contributed by atoms with Crippen molar-refractivity contribution in [1.29, 1.82) is 0 Å². The van der Waals surface area contributed by atoms with E-state index in [1.807, 2.05) is 11.8 Å². The van der Waals surface area contributed by atoms with Crippen LogP contribution >= 0.6 is 11.3 Å². The molecule has 2 unspecified atom stereocenters. The van der Waals surface area contributed by atoms with Gasteiger partial charge in [-0.1, -0.05) is 0 Å². The molecule has 0 radical (unpaired) electrons. The van der Waals surface area contributed by atoms with E-state index < -0.39 is 0 Å². The SMILES string of the molecule is Cc1ccc(C2NC(C)C(=O)N2CC2CCOCC2)s1. The number of thiophene rings is 1. The van der Waals surface area contributed by atoms with Gasteiger partial charge >= 0.3 is 0 Å². The highest BCUT2D eigenvalue weighted by atomic mass is 32.1. The molecule has 4 nitrogen and oxygen atoms in total. The number of aryl methyl sites for hydroxylation is 1. The van der Waals surface area contributed by atoms with Crippen molar-refractivity contribution in [3.05, 3.63) is 21.9 Å². The van der Waals surface area contributed by atoms with Gasteiger partial charge in [-0.2, -0.15) is 0 Å². The summed E-state index contributed by atoms with van der Waals surface area (Å²) < 4.78 is 5.41. The zero-order valence-electron chi connectivity index (χ0n) is 12.1. The van der Waals surface area contributed by atoms with Gasteiger partial charge in [-0.15, -0.1) is 11.3 Å². The van der Waals surface area contributed by atoms with E-state index >= 15 is 0 Å². The van der Waals surface area contributed by atoms with E-state index in [1.54, 1.807) is 11.3 Å². The standard InChI is InChI=1S/C15H22N2O2S/c1-10-3-4-13(20-10)14-16-11(2)15(18)17(14)9-12-5-7-19-8-6-12/h3-4,11-12,14,16H,5-9H2,1-2H3. The Morgan fingerprint density at radius 2 is 2.15 bits per heavy atom. The molecule has 110 valence electrons. The lowest BCUT2D eigenvalue weighted by Gasteiger charge is -2.30. The molecule has 3 heterocycles. The lowest BCUT2D eigenvalue weighted by atomic mass is 9.99. The maximum atomic E-state index is 12.4. The van der Waals surface area contributed by atoms with E-state index in [4.69, 9.17) is 4.74 Å². The molecule has 2 aliphatic rings. The average molecular weight is 294 g/mol. The fourth-order valence-corrected chi connectivity index (χ4v) is 3.96. The van der Waals surface area contributed by atoms with Crippen LogP contribution in [0, 0.1) is 12.8 Å². The van der Waals surface area contributed by atoms with Crippen LogP contribution < -0.4 is 5.32 Å². The molecular weight excluding hydrogens is 272 g/mol. The molecule has 5 heteroatoms. The van der Waals surface area contributed by atoms with E-state index in [2.05, 4.69) is 24.4 Å². The summed E-state index contributed by atoms with van der Waals surface area (Å²) >= 11 is 1.77. The normalized spacial score (nSPS) is 28.3. The molecule has 0 aliphatic carbocycles. The zero-order chi connectivity index (χ0) is 14.1. The molecule has 0 saturated carbocycles. The first kappa shape index (κ1) is 14.0. The topological polar surface area (TPSA) is 41.6 Å². The van der Waals surface area contributed by atoms with Crippen molar-refractivity contribution in [2.75, 3.05) is 19.8 Å². The Kier molecular flexibility index (Phi) is 4.10. The third kappa shape index (κ3) is 2.75. The Bertz CT molecular complexity index is 482. The van der Waals surface area contributed by atoms with Gasteiger partial charge in [0.2, 0.25) is 5.91 Å². The van der Waals surface area contributed by atoms with Crippen LogP contribution in [0.2, 0.25) is 0 Å². The molecular formula is C15H22N2O2S. The van der Waals surface area contributed by atoms with E-state index in [-0.39, 0.29) is 18.1 Å². The van der Waals surface area contributed by atoms with E-state index in [0.717, 1.165) is 32.6 Å². The first-order chi connectivity index (χ1) is 9.65. The Hall–Kier alpha value is -0.910. The van der Waals surface area contributed by atoms with E-state index in [0.29, 0.717) is 5.92 Å². The molecule has 2 saturated heterocycles. The first-order valence-electron chi connectivity index (χ1n) is 7.36. The van der Waals surface area contributed by atoms with Gasteiger partial charge in [-0.3, -0.25) is 10.1 Å². The Balaban J connectivity index is 1.75. The van der Waals surface area contributed by atoms with Crippen molar-refractivity contribution in [1.82, 2.24) is 10.2 Å². The molecule has 20 heavy (non-hydrogen) atoms. The summed E-state index contributed by atoms with van der Waals surface area (Å²) in [5.74, 6) is 0.802. The number of hydrogen-bond donors (Lipinski definition) is 1. The Morgan fingerprint density at radius 3 is 2.80 bits per heavy atom. The molecule has 2 aliphatic heterocycles. The molecule has 1 amide bonds. The highest BCUT2D eigenvalue weighted by molar-refractivity contribution is 7.12. The number of carbonyl (C=O) groups excluding carboxylic acids is 1. The summed E-state index contributed by atoms with van der Waals surface area (Å²) in [7, 11) is 0. The number of hydrogen-bond acceptors (Lipinski definition) is 4. The van der Waals surface area contributed by atoms with Crippen molar-refractivity contribution in [2.45, 2.75) is 38.9 Å². The van der Waals surface area contributed by atoms with Crippen molar-refractivity contribution >= 4 is 17.2 Å². The van der Waals surface area contributed by atoms with Gasteiger partial charge in [0.05, 0.1) is 6.04 Å². The minimum absolute atomic E-state index is 0.0547. The van der Waals surface area contributed by atoms with Gasteiger partial charge in [-0.25, -0.2) is 0 Å². The highest BCUT2D eigenvalue weighted by Crippen LogP contribution is 2.32. The molecule has 0 aromatic carbocycles. The molecule has 2 atom stereocenters. The van der Waals surface area contributed by atoms with Gasteiger partial charge in [0, 0.05) is 29.5 Å². The number of nitrogens with one attached hydrogen (secondary N) is 1. The van der Waals surface area contributed by atoms with Crippen LogP contribution in [-0.2, 0) is 9.53 Å². The predicted molar refractivity (Wildman–Crippen MR) is 79.7 cm³/mol. The fourth-order valence-electron chi connectivity index (χ4n) is 3.01. The van der Waals surface area contributed by atoms with Crippen LogP contribution in [0.25, 0.3) is 0 Å². The van der Waals surface area contributed by atoms with Gasteiger partial charge < -0.3 is 9.64 Å². The first-order valence-corrected chi connectivity index (χ1v) is 8.17. The van der Waals surface area contributed by atoms with Gasteiger partial charge in [0.15, 0.2) is 0 Å². The summed E-state index contributed by atoms with van der Waals surface area (Å²) in [6.45, 7) is 6.58. The van der Waals surface area contributed by atoms with Crippen LogP contribution in [0.4, 0.5) is 0 Å². The van der Waals surface area contributed by atoms with Crippen molar-refractivity contribution in [3.8, 4) is 0 Å². The lowest BCUT2D eigenvalue weighted by molar-refractivity contribution is -0.130. The minimum atomic E-state index is -0.0813. The van der Waals surface area contributed by atoms with Crippen LogP contribution in [0.1, 0.15) is 35.7 Å². The average Bonchev–Trinajstić information content (AvgIpc) is 2.99. The second-order valence-corrected chi connectivity index (χ2v) is 7.11. The monoisotopic (exact) mass is 294 g/mol. The summed E-state index contributed by atoms with van der Waals surface area (Å²) in [4.78, 5) is 17.0. The number of rotatable bonds is 3. The summed E-state index contributed by atoms with van der Waals surface area (Å²) in [5, 5.41) is 3.43. The number of amides is 1. The zero-order valence-corrected chi connectivity index (χ0v) is 12.9. The molecule has 0 bridgehead atoms. The molecule has 1 aromatic rings. The van der Waals surface area contributed by atoms with Crippen LogP contribution in [0.3, 0.4) is 0 Å². The highest BCUT2D eigenvalue weighted by Gasteiger charge is 2.38.